The van der Waals surface area contributed by atoms with E-state index in [0.717, 1.165) is 32.3 Å². The van der Waals surface area contributed by atoms with Gasteiger partial charge in [0.15, 0.2) is 0 Å². The van der Waals surface area contributed by atoms with Gasteiger partial charge in [-0.15, -0.1) is 0 Å². The topological polar surface area (TPSA) is 29.5 Å². The zero-order valence-electron chi connectivity index (χ0n) is 7.47. The molecule has 1 fully saturated rings. The molecule has 0 spiro atoms. The van der Waals surface area contributed by atoms with Crippen LogP contribution in [0.4, 0.5) is 0 Å². The van der Waals surface area contributed by atoms with Gasteiger partial charge in [-0.3, -0.25) is 0 Å². The van der Waals surface area contributed by atoms with Crippen LogP contribution in [0, 0.1) is 0 Å². The summed E-state index contributed by atoms with van der Waals surface area (Å²) >= 11 is 0. The summed E-state index contributed by atoms with van der Waals surface area (Å²) in [6.45, 7) is 4.84. The predicted molar refractivity (Wildman–Crippen MR) is 44.5 cm³/mol. The zero-order valence-corrected chi connectivity index (χ0v) is 7.47. The third-order valence-corrected chi connectivity index (χ3v) is 2.29. The highest BCUT2D eigenvalue weighted by Crippen LogP contribution is 2.39. The monoisotopic (exact) mass is 158 g/mol. The highest BCUT2D eigenvalue weighted by atomic mass is 16.5. The van der Waals surface area contributed by atoms with Gasteiger partial charge in [0.2, 0.25) is 0 Å². The Morgan fingerprint density at radius 3 is 2.64 bits per heavy atom. The fraction of sp³-hybridized carbons (Fsp3) is 1.00. The first-order valence-corrected chi connectivity index (χ1v) is 4.50. The molecule has 2 heteroatoms. The highest BCUT2D eigenvalue weighted by Gasteiger charge is 2.39. The second-order valence-corrected chi connectivity index (χ2v) is 3.53. The summed E-state index contributed by atoms with van der Waals surface area (Å²) in [6.07, 6.45) is 4.19. The number of aliphatic hydroxyl groups is 1. The van der Waals surface area contributed by atoms with Crippen LogP contribution in [0.15, 0.2) is 0 Å². The maximum atomic E-state index is 9.49. The second kappa shape index (κ2) is 3.55. The van der Waals surface area contributed by atoms with Crippen molar-refractivity contribution in [2.24, 2.45) is 0 Å². The standard InChI is InChI=1S/C9H18O2/c1-3-11-8(2)4-5-9(10)6-7-9/h8,10H,3-7H2,1-2H3. The van der Waals surface area contributed by atoms with Gasteiger partial charge in [-0.25, -0.2) is 0 Å². The van der Waals surface area contributed by atoms with Gasteiger partial charge in [0.05, 0.1) is 11.7 Å². The van der Waals surface area contributed by atoms with Crippen LogP contribution in [0.2, 0.25) is 0 Å². The molecule has 1 saturated carbocycles. The summed E-state index contributed by atoms with van der Waals surface area (Å²) in [5.41, 5.74) is -0.300. The summed E-state index contributed by atoms with van der Waals surface area (Å²) in [5.74, 6) is 0. The van der Waals surface area contributed by atoms with Gasteiger partial charge in [-0.05, 0) is 39.5 Å². The smallest absolute Gasteiger partial charge is 0.0651 e. The molecule has 0 saturated heterocycles. The first-order chi connectivity index (χ1) is 5.16. The first kappa shape index (κ1) is 9.01. The minimum absolute atomic E-state index is 0.300. The molecular weight excluding hydrogens is 140 g/mol. The largest absolute Gasteiger partial charge is 0.390 e. The Hall–Kier alpha value is -0.0800. The van der Waals surface area contributed by atoms with Crippen LogP contribution in [0.5, 0.6) is 0 Å². The molecule has 0 heterocycles. The van der Waals surface area contributed by atoms with E-state index in [0.29, 0.717) is 6.10 Å². The lowest BCUT2D eigenvalue weighted by molar-refractivity contribution is 0.0495. The third kappa shape index (κ3) is 3.21. The molecule has 0 radical (unpaired) electrons. The van der Waals surface area contributed by atoms with E-state index in [1.54, 1.807) is 0 Å². The molecule has 2 nitrogen and oxygen atoms in total. The van der Waals surface area contributed by atoms with Crippen molar-refractivity contribution in [1.29, 1.82) is 0 Å². The molecule has 1 unspecified atom stereocenters. The van der Waals surface area contributed by atoms with Crippen LogP contribution in [0.25, 0.3) is 0 Å². The average molecular weight is 158 g/mol. The van der Waals surface area contributed by atoms with Crippen LogP contribution < -0.4 is 0 Å². The van der Waals surface area contributed by atoms with Gasteiger partial charge >= 0.3 is 0 Å². The van der Waals surface area contributed by atoms with Crippen molar-refractivity contribution in [3.05, 3.63) is 0 Å². The van der Waals surface area contributed by atoms with Crippen LogP contribution in [-0.4, -0.2) is 23.4 Å². The molecule has 1 aliphatic rings. The van der Waals surface area contributed by atoms with Crippen LogP contribution in [0.1, 0.15) is 39.5 Å². The molecule has 0 amide bonds. The Balaban J connectivity index is 2.01. The van der Waals surface area contributed by atoms with Crippen molar-refractivity contribution in [3.63, 3.8) is 0 Å². The Bertz CT molecular complexity index is 119. The van der Waals surface area contributed by atoms with Gasteiger partial charge < -0.3 is 9.84 Å². The van der Waals surface area contributed by atoms with Gasteiger partial charge in [0.1, 0.15) is 0 Å². The summed E-state index contributed by atoms with van der Waals surface area (Å²) in [4.78, 5) is 0. The summed E-state index contributed by atoms with van der Waals surface area (Å²) < 4.78 is 5.35. The maximum absolute atomic E-state index is 9.49. The van der Waals surface area contributed by atoms with Crippen molar-refractivity contribution < 1.29 is 9.84 Å². The molecule has 1 aliphatic carbocycles. The average Bonchev–Trinajstić information content (AvgIpc) is 2.66. The molecule has 1 N–H and O–H groups in total. The van der Waals surface area contributed by atoms with Crippen molar-refractivity contribution in [3.8, 4) is 0 Å². The van der Waals surface area contributed by atoms with Crippen LogP contribution >= 0.6 is 0 Å². The molecule has 11 heavy (non-hydrogen) atoms. The van der Waals surface area contributed by atoms with Crippen molar-refractivity contribution in [1.82, 2.24) is 0 Å². The van der Waals surface area contributed by atoms with Crippen LogP contribution in [0.3, 0.4) is 0 Å². The third-order valence-electron chi connectivity index (χ3n) is 2.29. The molecule has 1 atom stereocenters. The first-order valence-electron chi connectivity index (χ1n) is 4.50. The van der Waals surface area contributed by atoms with E-state index in [4.69, 9.17) is 4.74 Å². The molecule has 0 aromatic rings. The lowest BCUT2D eigenvalue weighted by atomic mass is 10.1. The van der Waals surface area contributed by atoms with Crippen molar-refractivity contribution in [2.45, 2.75) is 51.2 Å². The van der Waals surface area contributed by atoms with E-state index in [-0.39, 0.29) is 5.60 Å². The highest BCUT2D eigenvalue weighted by molar-refractivity contribution is 4.93. The Morgan fingerprint density at radius 2 is 2.18 bits per heavy atom. The number of hydrogen-bond acceptors (Lipinski definition) is 2. The van der Waals surface area contributed by atoms with Gasteiger partial charge in [-0.1, -0.05) is 0 Å². The van der Waals surface area contributed by atoms with E-state index in [1.807, 2.05) is 6.92 Å². The molecular formula is C9H18O2. The molecule has 0 aromatic heterocycles. The summed E-state index contributed by atoms with van der Waals surface area (Å²) in [5, 5.41) is 9.49. The molecule has 0 aliphatic heterocycles. The molecule has 66 valence electrons. The van der Waals surface area contributed by atoms with Crippen molar-refractivity contribution in [2.75, 3.05) is 6.61 Å². The molecule has 0 bridgehead atoms. The fourth-order valence-corrected chi connectivity index (χ4v) is 1.23. The second-order valence-electron chi connectivity index (χ2n) is 3.53. The van der Waals surface area contributed by atoms with E-state index in [9.17, 15) is 5.11 Å². The number of hydrogen-bond donors (Lipinski definition) is 1. The van der Waals surface area contributed by atoms with E-state index in [1.165, 1.54) is 0 Å². The van der Waals surface area contributed by atoms with Gasteiger partial charge in [0, 0.05) is 6.61 Å². The predicted octanol–water partition coefficient (Wildman–Crippen LogP) is 1.72. The SMILES string of the molecule is CCOC(C)CCC1(O)CC1. The Kier molecular flexibility index (Phi) is 2.90. The quantitative estimate of drug-likeness (QED) is 0.660. The maximum Gasteiger partial charge on any atom is 0.0651 e. The van der Waals surface area contributed by atoms with Crippen molar-refractivity contribution >= 4 is 0 Å². The van der Waals surface area contributed by atoms with E-state index < -0.39 is 0 Å². The number of ether oxygens (including phenoxy) is 1. The summed E-state index contributed by atoms with van der Waals surface area (Å²) in [7, 11) is 0. The van der Waals surface area contributed by atoms with E-state index in [2.05, 4.69) is 6.92 Å². The van der Waals surface area contributed by atoms with E-state index >= 15 is 0 Å². The van der Waals surface area contributed by atoms with Gasteiger partial charge in [-0.2, -0.15) is 0 Å². The zero-order chi connectivity index (χ0) is 8.32. The lowest BCUT2D eigenvalue weighted by Gasteiger charge is -2.13. The molecule has 1 rings (SSSR count). The lowest BCUT2D eigenvalue weighted by Crippen LogP contribution is -2.14. The van der Waals surface area contributed by atoms with Gasteiger partial charge in [0.25, 0.3) is 0 Å². The summed E-state index contributed by atoms with van der Waals surface area (Å²) in [6, 6.07) is 0. The molecule has 0 aromatic carbocycles. The minimum Gasteiger partial charge on any atom is -0.390 e. The Labute approximate surface area is 68.6 Å². The normalized spacial score (nSPS) is 23.2. The van der Waals surface area contributed by atoms with Crippen LogP contribution in [-0.2, 0) is 4.74 Å². The number of rotatable bonds is 5. The minimum atomic E-state index is -0.300. The fourth-order valence-electron chi connectivity index (χ4n) is 1.23. The Morgan fingerprint density at radius 1 is 1.55 bits per heavy atom.